The molecule has 13 rings (SSSR count). The lowest BCUT2D eigenvalue weighted by molar-refractivity contribution is 0.670. The van der Waals surface area contributed by atoms with Crippen molar-refractivity contribution in [3.8, 4) is 61.8 Å². The largest absolute Gasteiger partial charge is 0.455 e. The lowest BCUT2D eigenvalue weighted by Crippen LogP contribution is -2.00. The van der Waals surface area contributed by atoms with E-state index in [0.29, 0.717) is 5.82 Å². The van der Waals surface area contributed by atoms with E-state index in [2.05, 4.69) is 211 Å². The van der Waals surface area contributed by atoms with E-state index in [-0.39, 0.29) is 0 Å². The molecule has 0 fully saturated rings. The zero-order valence-electron chi connectivity index (χ0n) is 34.6. The molecule has 13 aromatic rings. The summed E-state index contributed by atoms with van der Waals surface area (Å²) in [6.07, 6.45) is 0. The molecule has 4 heteroatoms. The monoisotopic (exact) mass is 815 g/mol. The third-order valence-corrected chi connectivity index (χ3v) is 12.8. The first-order valence-electron chi connectivity index (χ1n) is 21.7. The van der Waals surface area contributed by atoms with Crippen LogP contribution in [0.1, 0.15) is 0 Å². The summed E-state index contributed by atoms with van der Waals surface area (Å²) in [7, 11) is 0. The molecule has 0 saturated carbocycles. The van der Waals surface area contributed by atoms with E-state index in [1.807, 2.05) is 18.2 Å². The van der Waals surface area contributed by atoms with Crippen molar-refractivity contribution in [1.82, 2.24) is 14.5 Å². The van der Waals surface area contributed by atoms with E-state index < -0.39 is 0 Å². The van der Waals surface area contributed by atoms with Crippen LogP contribution >= 0.6 is 0 Å². The zero-order chi connectivity index (χ0) is 42.1. The van der Waals surface area contributed by atoms with Crippen LogP contribution in [0.3, 0.4) is 0 Å². The van der Waals surface area contributed by atoms with Gasteiger partial charge in [-0.25, -0.2) is 9.97 Å². The first kappa shape index (κ1) is 36.1. The van der Waals surface area contributed by atoms with Crippen molar-refractivity contribution in [3.05, 3.63) is 224 Å². The first-order valence-corrected chi connectivity index (χ1v) is 21.7. The maximum Gasteiger partial charge on any atom is 0.160 e. The number of para-hydroxylation sites is 3. The number of aromatic nitrogens is 3. The minimum Gasteiger partial charge on any atom is -0.455 e. The molecule has 0 saturated heterocycles. The Labute approximate surface area is 369 Å². The predicted octanol–water partition coefficient (Wildman–Crippen LogP) is 16.1. The van der Waals surface area contributed by atoms with Gasteiger partial charge in [-0.2, -0.15) is 0 Å². The maximum atomic E-state index is 6.61. The Bertz CT molecular complexity index is 3960. The van der Waals surface area contributed by atoms with Gasteiger partial charge in [0.1, 0.15) is 11.2 Å². The van der Waals surface area contributed by atoms with Crippen molar-refractivity contribution < 1.29 is 4.42 Å². The van der Waals surface area contributed by atoms with Crippen LogP contribution in [0.4, 0.5) is 0 Å². The van der Waals surface area contributed by atoms with Crippen molar-refractivity contribution in [3.63, 3.8) is 0 Å². The van der Waals surface area contributed by atoms with E-state index in [4.69, 9.17) is 14.4 Å². The molecule has 10 aromatic carbocycles. The Morgan fingerprint density at radius 1 is 0.328 bits per heavy atom. The molecule has 4 nitrogen and oxygen atoms in total. The van der Waals surface area contributed by atoms with Crippen molar-refractivity contribution in [2.24, 2.45) is 0 Å². The highest BCUT2D eigenvalue weighted by atomic mass is 16.3. The molecule has 3 aromatic heterocycles. The molecule has 0 spiro atoms. The van der Waals surface area contributed by atoms with Gasteiger partial charge in [-0.05, 0) is 98.4 Å². The number of furan rings is 1. The number of nitrogens with zero attached hydrogens (tertiary/aromatic N) is 3. The molecule has 0 aliphatic carbocycles. The van der Waals surface area contributed by atoms with Crippen molar-refractivity contribution in [2.75, 3.05) is 0 Å². The van der Waals surface area contributed by atoms with Crippen LogP contribution in [0.25, 0.3) is 127 Å². The minimum absolute atomic E-state index is 0.628. The van der Waals surface area contributed by atoms with Crippen LogP contribution in [-0.2, 0) is 0 Å². The Morgan fingerprint density at radius 3 is 1.81 bits per heavy atom. The fourth-order valence-electron chi connectivity index (χ4n) is 9.80. The number of benzene rings is 10. The molecular weight excluding hydrogens is 779 g/mol. The van der Waals surface area contributed by atoms with Crippen molar-refractivity contribution in [2.45, 2.75) is 0 Å². The van der Waals surface area contributed by atoms with Gasteiger partial charge in [-0.15, -0.1) is 0 Å². The molecule has 0 N–H and O–H groups in total. The molecule has 0 atom stereocenters. The highest BCUT2D eigenvalue weighted by Gasteiger charge is 2.20. The van der Waals surface area contributed by atoms with E-state index in [0.717, 1.165) is 83.4 Å². The van der Waals surface area contributed by atoms with Gasteiger partial charge in [0.2, 0.25) is 0 Å². The summed E-state index contributed by atoms with van der Waals surface area (Å²) in [6.45, 7) is 0. The normalized spacial score (nSPS) is 11.8. The van der Waals surface area contributed by atoms with Crippen LogP contribution in [0.2, 0.25) is 0 Å². The number of hydrogen-bond donors (Lipinski definition) is 0. The highest BCUT2D eigenvalue weighted by Crippen LogP contribution is 2.42. The van der Waals surface area contributed by atoms with E-state index in [1.165, 1.54) is 37.9 Å². The van der Waals surface area contributed by atoms with Gasteiger partial charge in [0.05, 0.1) is 22.4 Å². The highest BCUT2D eigenvalue weighted by molar-refractivity contribution is 6.15. The maximum absolute atomic E-state index is 6.61. The summed E-state index contributed by atoms with van der Waals surface area (Å²) in [5.41, 5.74) is 14.0. The van der Waals surface area contributed by atoms with Crippen LogP contribution < -0.4 is 0 Å². The minimum atomic E-state index is 0.628. The third-order valence-electron chi connectivity index (χ3n) is 12.8. The van der Waals surface area contributed by atoms with Crippen LogP contribution in [0, 0.1) is 0 Å². The smallest absolute Gasteiger partial charge is 0.160 e. The molecule has 0 amide bonds. The summed E-state index contributed by atoms with van der Waals surface area (Å²) < 4.78 is 9.03. The summed E-state index contributed by atoms with van der Waals surface area (Å²) >= 11 is 0. The van der Waals surface area contributed by atoms with Crippen molar-refractivity contribution >= 4 is 65.3 Å². The van der Waals surface area contributed by atoms with Crippen molar-refractivity contribution in [1.29, 1.82) is 0 Å². The second-order valence-corrected chi connectivity index (χ2v) is 16.5. The first-order chi connectivity index (χ1) is 31.7. The van der Waals surface area contributed by atoms with Gasteiger partial charge < -0.3 is 8.98 Å². The molecular formula is C60H37N3O. The Hall–Kier alpha value is -8.60. The molecule has 0 bridgehead atoms. The topological polar surface area (TPSA) is 43.9 Å². The second kappa shape index (κ2) is 14.5. The third kappa shape index (κ3) is 5.84. The Morgan fingerprint density at radius 2 is 0.969 bits per heavy atom. The van der Waals surface area contributed by atoms with E-state index in [9.17, 15) is 0 Å². The lowest BCUT2D eigenvalue weighted by atomic mass is 9.92. The Balaban J connectivity index is 1.12. The van der Waals surface area contributed by atoms with Gasteiger partial charge in [0.25, 0.3) is 0 Å². The number of rotatable bonds is 6. The molecule has 0 aliphatic rings. The van der Waals surface area contributed by atoms with Crippen LogP contribution in [0.15, 0.2) is 229 Å². The average Bonchev–Trinajstić information content (AvgIpc) is 3.92. The lowest BCUT2D eigenvalue weighted by Gasteiger charge is -2.17. The molecule has 0 radical (unpaired) electrons. The molecule has 0 unspecified atom stereocenters. The zero-order valence-corrected chi connectivity index (χ0v) is 34.6. The van der Waals surface area contributed by atoms with Gasteiger partial charge in [-0.3, -0.25) is 0 Å². The second-order valence-electron chi connectivity index (χ2n) is 16.5. The fraction of sp³-hybridized carbons (Fsp3) is 0. The summed E-state index contributed by atoms with van der Waals surface area (Å²) in [5, 5.41) is 9.37. The van der Waals surface area contributed by atoms with E-state index in [1.54, 1.807) is 0 Å². The number of fused-ring (bicyclic) bond motifs is 9. The summed E-state index contributed by atoms with van der Waals surface area (Å²) in [6, 6.07) is 79.9. The Kier molecular flexibility index (Phi) is 8.18. The fourth-order valence-corrected chi connectivity index (χ4v) is 9.80. The predicted molar refractivity (Wildman–Crippen MR) is 266 cm³/mol. The number of hydrogen-bond acceptors (Lipinski definition) is 3. The average molecular weight is 816 g/mol. The molecule has 0 aliphatic heterocycles. The standard InChI is InChI=1S/C60H37N3O/c1-3-16-38(17-4-1)40-30-31-49-48-24-11-13-28-56(48)63(57(49)36-40)44-33-42(53-35-41-20-7-8-21-45(41)46-22-9-10-23-47(46)53)32-43(34-44)60-61-54(39-18-5-2-6-19-39)37-55(62-60)52-27-15-26-51-50-25-12-14-29-58(50)64-59(51)52/h1-37H. The molecule has 298 valence electrons. The van der Waals surface area contributed by atoms with E-state index >= 15 is 0 Å². The van der Waals surface area contributed by atoms with Gasteiger partial charge >= 0.3 is 0 Å². The van der Waals surface area contributed by atoms with Gasteiger partial charge in [-0.1, -0.05) is 170 Å². The SMILES string of the molecule is c1ccc(-c2ccc3c4ccccc4n(-c4cc(-c5nc(-c6ccccc6)cc(-c6cccc7c6oc6ccccc67)n5)cc(-c5cc6ccccc6c6ccccc56)c4)c3c2)cc1. The molecule has 3 heterocycles. The molecule has 64 heavy (non-hydrogen) atoms. The van der Waals surface area contributed by atoms with Crippen LogP contribution in [0.5, 0.6) is 0 Å². The quantitative estimate of drug-likeness (QED) is 0.157. The summed E-state index contributed by atoms with van der Waals surface area (Å²) in [4.78, 5) is 10.9. The summed E-state index contributed by atoms with van der Waals surface area (Å²) in [5.74, 6) is 0.628. The van der Waals surface area contributed by atoms with Gasteiger partial charge in [0.15, 0.2) is 5.82 Å². The van der Waals surface area contributed by atoms with Crippen LogP contribution in [-0.4, -0.2) is 14.5 Å². The van der Waals surface area contributed by atoms with Gasteiger partial charge in [0, 0.05) is 43.9 Å².